The molecule has 0 bridgehead atoms. The summed E-state index contributed by atoms with van der Waals surface area (Å²) < 4.78 is 10.7. The molecule has 1 aromatic heterocycles. The fraction of sp³-hybridized carbons (Fsp3) is 0.0833. The number of carbonyl (C=O) groups excluding carboxylic acids is 1. The molecule has 150 valence electrons. The van der Waals surface area contributed by atoms with E-state index in [0.29, 0.717) is 33.5 Å². The molecular weight excluding hydrogens is 400 g/mol. The minimum Gasteiger partial charge on any atom is -0.493 e. The normalized spacial score (nSPS) is 10.6. The van der Waals surface area contributed by atoms with Crippen LogP contribution in [0.3, 0.4) is 0 Å². The topological polar surface area (TPSA) is 60.5 Å². The molecule has 0 aliphatic rings. The van der Waals surface area contributed by atoms with Gasteiger partial charge < -0.3 is 14.8 Å². The van der Waals surface area contributed by atoms with Crippen LogP contribution in [0.15, 0.2) is 72.8 Å². The van der Waals surface area contributed by atoms with E-state index in [1.165, 1.54) is 0 Å². The van der Waals surface area contributed by atoms with Crippen LogP contribution >= 0.6 is 11.6 Å². The smallest absolute Gasteiger partial charge is 0.256 e. The molecule has 4 rings (SSSR count). The Labute approximate surface area is 179 Å². The van der Waals surface area contributed by atoms with Crippen LogP contribution in [-0.4, -0.2) is 25.1 Å². The number of methoxy groups -OCH3 is 2. The fourth-order valence-electron chi connectivity index (χ4n) is 3.27. The molecule has 0 atom stereocenters. The number of benzene rings is 3. The number of pyridine rings is 1. The van der Waals surface area contributed by atoms with Crippen LogP contribution in [0.1, 0.15) is 10.4 Å². The molecule has 0 aliphatic heterocycles. The highest BCUT2D eigenvalue weighted by atomic mass is 35.5. The van der Waals surface area contributed by atoms with Gasteiger partial charge in [0, 0.05) is 21.7 Å². The molecule has 1 heterocycles. The Bertz CT molecular complexity index is 1240. The summed E-state index contributed by atoms with van der Waals surface area (Å²) in [5, 5.41) is 4.23. The molecule has 0 unspecified atom stereocenters. The van der Waals surface area contributed by atoms with Gasteiger partial charge in [-0.05, 0) is 48.5 Å². The summed E-state index contributed by atoms with van der Waals surface area (Å²) in [6, 6.07) is 21.9. The first-order valence-electron chi connectivity index (χ1n) is 9.28. The van der Waals surface area contributed by atoms with Crippen molar-refractivity contribution in [3.8, 4) is 22.8 Å². The Hall–Kier alpha value is -3.57. The minimum atomic E-state index is -0.238. The zero-order valence-corrected chi connectivity index (χ0v) is 17.2. The van der Waals surface area contributed by atoms with Crippen molar-refractivity contribution in [1.82, 2.24) is 4.98 Å². The van der Waals surface area contributed by atoms with Gasteiger partial charge in [-0.3, -0.25) is 4.79 Å². The minimum absolute atomic E-state index is 0.238. The first-order chi connectivity index (χ1) is 14.6. The molecule has 0 saturated carbocycles. The number of hydrogen-bond donors (Lipinski definition) is 1. The Morgan fingerprint density at radius 3 is 2.47 bits per heavy atom. The number of rotatable bonds is 5. The Kier molecular flexibility index (Phi) is 5.55. The number of nitrogens with zero attached hydrogens (tertiary/aromatic N) is 1. The molecule has 0 fully saturated rings. The van der Waals surface area contributed by atoms with E-state index in [2.05, 4.69) is 5.32 Å². The van der Waals surface area contributed by atoms with Gasteiger partial charge in [0.1, 0.15) is 0 Å². The molecule has 1 amide bonds. The van der Waals surface area contributed by atoms with Gasteiger partial charge in [-0.25, -0.2) is 4.98 Å². The van der Waals surface area contributed by atoms with E-state index in [4.69, 9.17) is 26.1 Å². The van der Waals surface area contributed by atoms with Crippen molar-refractivity contribution < 1.29 is 14.3 Å². The largest absolute Gasteiger partial charge is 0.493 e. The van der Waals surface area contributed by atoms with Crippen molar-refractivity contribution in [2.75, 3.05) is 19.5 Å². The zero-order valence-electron chi connectivity index (χ0n) is 16.5. The maximum absolute atomic E-state index is 13.1. The van der Waals surface area contributed by atoms with E-state index in [1.54, 1.807) is 44.6 Å². The van der Waals surface area contributed by atoms with Gasteiger partial charge in [0.15, 0.2) is 11.5 Å². The Morgan fingerprint density at radius 2 is 1.70 bits per heavy atom. The summed E-state index contributed by atoms with van der Waals surface area (Å²) in [7, 11) is 3.17. The summed E-state index contributed by atoms with van der Waals surface area (Å²) in [5.41, 5.74) is 3.34. The van der Waals surface area contributed by atoms with E-state index < -0.39 is 0 Å². The van der Waals surface area contributed by atoms with Crippen LogP contribution in [0.5, 0.6) is 11.5 Å². The van der Waals surface area contributed by atoms with Crippen molar-refractivity contribution in [3.63, 3.8) is 0 Å². The summed E-state index contributed by atoms with van der Waals surface area (Å²) in [6.07, 6.45) is 0. The predicted octanol–water partition coefficient (Wildman–Crippen LogP) is 5.82. The van der Waals surface area contributed by atoms with E-state index in [-0.39, 0.29) is 5.91 Å². The summed E-state index contributed by atoms with van der Waals surface area (Å²) >= 11 is 6.04. The highest BCUT2D eigenvalue weighted by Crippen LogP contribution is 2.33. The van der Waals surface area contributed by atoms with Crippen LogP contribution in [0, 0.1) is 0 Å². The van der Waals surface area contributed by atoms with Crippen LogP contribution in [-0.2, 0) is 0 Å². The third kappa shape index (κ3) is 3.93. The van der Waals surface area contributed by atoms with Crippen LogP contribution < -0.4 is 14.8 Å². The van der Waals surface area contributed by atoms with Crippen molar-refractivity contribution >= 4 is 34.1 Å². The molecule has 5 nitrogen and oxygen atoms in total. The molecule has 0 aliphatic carbocycles. The summed E-state index contributed by atoms with van der Waals surface area (Å²) in [5.74, 6) is 0.980. The molecule has 0 radical (unpaired) electrons. The quantitative estimate of drug-likeness (QED) is 0.443. The number of halogens is 1. The number of ether oxygens (including phenoxy) is 2. The van der Waals surface area contributed by atoms with Gasteiger partial charge in [-0.2, -0.15) is 0 Å². The van der Waals surface area contributed by atoms with Gasteiger partial charge in [0.25, 0.3) is 5.91 Å². The van der Waals surface area contributed by atoms with Crippen LogP contribution in [0.25, 0.3) is 22.2 Å². The van der Waals surface area contributed by atoms with E-state index in [9.17, 15) is 4.79 Å². The number of nitrogens with one attached hydrogen (secondary N) is 1. The second-order valence-electron chi connectivity index (χ2n) is 6.61. The van der Waals surface area contributed by atoms with Gasteiger partial charge in [0.05, 0.1) is 31.0 Å². The Balaban J connectivity index is 1.81. The number of carbonyl (C=O) groups is 1. The lowest BCUT2D eigenvalue weighted by molar-refractivity contribution is 0.102. The molecule has 3 aromatic carbocycles. The first-order valence-corrected chi connectivity index (χ1v) is 9.66. The molecular formula is C24H19ClN2O3. The SMILES string of the molecule is COc1ccc(-c2cc(C(=O)Nc3cccc(Cl)c3)c3ccccc3n2)cc1OC. The Morgan fingerprint density at radius 1 is 0.900 bits per heavy atom. The third-order valence-electron chi connectivity index (χ3n) is 4.72. The van der Waals surface area contributed by atoms with E-state index >= 15 is 0 Å². The number of fused-ring (bicyclic) bond motifs is 1. The second kappa shape index (κ2) is 8.43. The van der Waals surface area contributed by atoms with Crippen molar-refractivity contribution in [1.29, 1.82) is 0 Å². The average molecular weight is 419 g/mol. The first kappa shape index (κ1) is 19.7. The zero-order chi connectivity index (χ0) is 21.1. The van der Waals surface area contributed by atoms with Gasteiger partial charge in [-0.15, -0.1) is 0 Å². The second-order valence-corrected chi connectivity index (χ2v) is 7.04. The summed E-state index contributed by atoms with van der Waals surface area (Å²) in [6.45, 7) is 0. The predicted molar refractivity (Wildman–Crippen MR) is 120 cm³/mol. The number of amides is 1. The lowest BCUT2D eigenvalue weighted by atomic mass is 10.0. The van der Waals surface area contributed by atoms with Crippen molar-refractivity contribution in [2.24, 2.45) is 0 Å². The number of aromatic nitrogens is 1. The maximum atomic E-state index is 13.1. The van der Waals surface area contributed by atoms with Crippen molar-refractivity contribution in [2.45, 2.75) is 0 Å². The molecule has 6 heteroatoms. The molecule has 30 heavy (non-hydrogen) atoms. The fourth-order valence-corrected chi connectivity index (χ4v) is 3.46. The molecule has 1 N–H and O–H groups in total. The standard InChI is InChI=1S/C24H19ClN2O3/c1-29-22-11-10-15(12-23(22)30-2)21-14-19(18-8-3-4-9-20(18)27-21)24(28)26-17-7-5-6-16(25)13-17/h3-14H,1-2H3,(H,26,28). The summed E-state index contributed by atoms with van der Waals surface area (Å²) in [4.78, 5) is 17.9. The lowest BCUT2D eigenvalue weighted by Crippen LogP contribution is -2.13. The van der Waals surface area contributed by atoms with E-state index in [0.717, 1.165) is 16.5 Å². The molecule has 0 saturated heterocycles. The highest BCUT2D eigenvalue weighted by molar-refractivity contribution is 6.31. The molecule has 4 aromatic rings. The monoisotopic (exact) mass is 418 g/mol. The number of anilines is 1. The van der Waals surface area contributed by atoms with E-state index in [1.807, 2.05) is 42.5 Å². The van der Waals surface area contributed by atoms with Crippen molar-refractivity contribution in [3.05, 3.63) is 83.4 Å². The highest BCUT2D eigenvalue weighted by Gasteiger charge is 2.15. The third-order valence-corrected chi connectivity index (χ3v) is 4.96. The number of para-hydroxylation sites is 1. The van der Waals surface area contributed by atoms with Crippen LogP contribution in [0.2, 0.25) is 5.02 Å². The molecule has 0 spiro atoms. The van der Waals surface area contributed by atoms with Gasteiger partial charge in [-0.1, -0.05) is 35.9 Å². The number of hydrogen-bond acceptors (Lipinski definition) is 4. The van der Waals surface area contributed by atoms with Gasteiger partial charge in [0.2, 0.25) is 0 Å². The van der Waals surface area contributed by atoms with Crippen LogP contribution in [0.4, 0.5) is 5.69 Å². The average Bonchev–Trinajstić information content (AvgIpc) is 2.77. The maximum Gasteiger partial charge on any atom is 0.256 e. The van der Waals surface area contributed by atoms with Gasteiger partial charge >= 0.3 is 0 Å². The lowest BCUT2D eigenvalue weighted by Gasteiger charge is -2.12.